The molecule has 1 atom stereocenters. The van der Waals surface area contributed by atoms with Crippen LogP contribution in [0.15, 0.2) is 24.3 Å². The maximum Gasteiger partial charge on any atom is 0.222 e. The highest BCUT2D eigenvalue weighted by atomic mass is 35.5. The molecule has 1 unspecified atom stereocenters. The predicted molar refractivity (Wildman–Crippen MR) is 76.7 cm³/mol. The summed E-state index contributed by atoms with van der Waals surface area (Å²) in [6, 6.07) is 8.07. The first-order valence-corrected chi connectivity index (χ1v) is 7.32. The lowest BCUT2D eigenvalue weighted by atomic mass is 10.1. The summed E-state index contributed by atoms with van der Waals surface area (Å²) in [5.74, 6) is 2.02. The van der Waals surface area contributed by atoms with E-state index in [2.05, 4.69) is 6.07 Å². The van der Waals surface area contributed by atoms with Crippen LogP contribution in [0, 0.1) is 5.92 Å². The summed E-state index contributed by atoms with van der Waals surface area (Å²) in [5, 5.41) is 0. The summed E-state index contributed by atoms with van der Waals surface area (Å²) in [6.45, 7) is 4.21. The number of nitrogens with zero attached hydrogens (tertiary/aromatic N) is 1. The van der Waals surface area contributed by atoms with Crippen LogP contribution in [0.2, 0.25) is 0 Å². The molecule has 1 aromatic rings. The molecule has 2 rings (SSSR count). The highest BCUT2D eigenvalue weighted by molar-refractivity contribution is 6.18. The Labute approximate surface area is 119 Å². The van der Waals surface area contributed by atoms with Crippen molar-refractivity contribution < 1.29 is 9.53 Å². The molecule has 0 aromatic heterocycles. The van der Waals surface area contributed by atoms with E-state index >= 15 is 0 Å². The first-order chi connectivity index (χ1) is 9.22. The van der Waals surface area contributed by atoms with Gasteiger partial charge in [0.05, 0.1) is 6.61 Å². The van der Waals surface area contributed by atoms with Gasteiger partial charge in [-0.1, -0.05) is 12.1 Å². The van der Waals surface area contributed by atoms with Gasteiger partial charge in [-0.2, -0.15) is 0 Å². The van der Waals surface area contributed by atoms with Crippen molar-refractivity contribution in [2.24, 2.45) is 5.92 Å². The number of hydrogen-bond acceptors (Lipinski definition) is 2. The maximum atomic E-state index is 11.8. The number of carbonyl (C=O) groups excluding carboxylic acids is 1. The number of ether oxygens (including phenoxy) is 1. The standard InChI is InChI=1S/C15H20ClNO2/c1-2-19-14-5-3-4-12(8-14)6-7-17-11-13(10-16)9-15(17)18/h3-5,8,13H,2,6-7,9-11H2,1H3. The van der Waals surface area contributed by atoms with Crippen molar-refractivity contribution in [3.05, 3.63) is 29.8 Å². The molecule has 1 aliphatic rings. The van der Waals surface area contributed by atoms with E-state index in [1.54, 1.807) is 0 Å². The zero-order valence-electron chi connectivity index (χ0n) is 11.3. The first-order valence-electron chi connectivity index (χ1n) is 6.78. The molecule has 4 heteroatoms. The van der Waals surface area contributed by atoms with Crippen molar-refractivity contribution in [3.8, 4) is 5.75 Å². The highest BCUT2D eigenvalue weighted by Crippen LogP contribution is 2.20. The molecule has 1 amide bonds. The number of likely N-dealkylation sites (tertiary alicyclic amines) is 1. The monoisotopic (exact) mass is 281 g/mol. The van der Waals surface area contributed by atoms with Crippen LogP contribution in [-0.2, 0) is 11.2 Å². The smallest absolute Gasteiger partial charge is 0.222 e. The lowest BCUT2D eigenvalue weighted by Crippen LogP contribution is -2.27. The topological polar surface area (TPSA) is 29.5 Å². The van der Waals surface area contributed by atoms with Crippen molar-refractivity contribution in [2.75, 3.05) is 25.6 Å². The normalized spacial score (nSPS) is 18.9. The molecule has 1 heterocycles. The van der Waals surface area contributed by atoms with E-state index < -0.39 is 0 Å². The summed E-state index contributed by atoms with van der Waals surface area (Å²) in [6.07, 6.45) is 1.46. The Morgan fingerprint density at radius 3 is 3.00 bits per heavy atom. The summed E-state index contributed by atoms with van der Waals surface area (Å²) >= 11 is 5.82. The van der Waals surface area contributed by atoms with Crippen LogP contribution >= 0.6 is 11.6 Å². The van der Waals surface area contributed by atoms with E-state index in [0.717, 1.165) is 25.3 Å². The molecule has 104 valence electrons. The van der Waals surface area contributed by atoms with E-state index in [9.17, 15) is 4.79 Å². The van der Waals surface area contributed by atoms with Crippen LogP contribution in [0.5, 0.6) is 5.75 Å². The average molecular weight is 282 g/mol. The van der Waals surface area contributed by atoms with Crippen molar-refractivity contribution in [1.29, 1.82) is 0 Å². The number of benzene rings is 1. The fourth-order valence-electron chi connectivity index (χ4n) is 2.39. The summed E-state index contributed by atoms with van der Waals surface area (Å²) < 4.78 is 5.48. The molecule has 0 bridgehead atoms. The first kappa shape index (κ1) is 14.2. The molecule has 19 heavy (non-hydrogen) atoms. The Morgan fingerprint density at radius 2 is 2.32 bits per heavy atom. The molecule has 3 nitrogen and oxygen atoms in total. The minimum absolute atomic E-state index is 0.228. The number of amides is 1. The van der Waals surface area contributed by atoms with Crippen molar-refractivity contribution >= 4 is 17.5 Å². The molecule has 0 radical (unpaired) electrons. The minimum atomic E-state index is 0.228. The number of carbonyl (C=O) groups is 1. The Bertz CT molecular complexity index is 436. The Hall–Kier alpha value is -1.22. The second-order valence-electron chi connectivity index (χ2n) is 4.89. The molecule has 1 aromatic carbocycles. The third-order valence-electron chi connectivity index (χ3n) is 3.39. The van der Waals surface area contributed by atoms with Gasteiger partial charge in [0.1, 0.15) is 5.75 Å². The van der Waals surface area contributed by atoms with Crippen LogP contribution < -0.4 is 4.74 Å². The summed E-state index contributed by atoms with van der Waals surface area (Å²) in [5.41, 5.74) is 1.20. The van der Waals surface area contributed by atoms with E-state index in [0.29, 0.717) is 24.8 Å². The van der Waals surface area contributed by atoms with Gasteiger partial charge in [0.2, 0.25) is 5.91 Å². The molecule has 0 spiro atoms. The van der Waals surface area contributed by atoms with Crippen LogP contribution in [0.25, 0.3) is 0 Å². The summed E-state index contributed by atoms with van der Waals surface area (Å²) in [4.78, 5) is 13.7. The van der Waals surface area contributed by atoms with Gasteiger partial charge < -0.3 is 9.64 Å². The van der Waals surface area contributed by atoms with Gasteiger partial charge in [0, 0.05) is 25.4 Å². The second-order valence-corrected chi connectivity index (χ2v) is 5.20. The van der Waals surface area contributed by atoms with E-state index in [4.69, 9.17) is 16.3 Å². The minimum Gasteiger partial charge on any atom is -0.494 e. The fraction of sp³-hybridized carbons (Fsp3) is 0.533. The molecule has 0 N–H and O–H groups in total. The van der Waals surface area contributed by atoms with Gasteiger partial charge in [0.15, 0.2) is 0 Å². The zero-order chi connectivity index (χ0) is 13.7. The van der Waals surface area contributed by atoms with Gasteiger partial charge in [0.25, 0.3) is 0 Å². The van der Waals surface area contributed by atoms with E-state index in [1.807, 2.05) is 30.0 Å². The van der Waals surface area contributed by atoms with Gasteiger partial charge in [-0.25, -0.2) is 0 Å². The third-order valence-corrected chi connectivity index (χ3v) is 3.83. The number of rotatable bonds is 6. The molecule has 0 saturated carbocycles. The van der Waals surface area contributed by atoms with Gasteiger partial charge in [-0.3, -0.25) is 4.79 Å². The van der Waals surface area contributed by atoms with Crippen LogP contribution in [0.3, 0.4) is 0 Å². The molecule has 1 fully saturated rings. The van der Waals surface area contributed by atoms with Gasteiger partial charge in [-0.05, 0) is 37.0 Å². The van der Waals surface area contributed by atoms with E-state index in [-0.39, 0.29) is 5.91 Å². The van der Waals surface area contributed by atoms with Crippen molar-refractivity contribution in [2.45, 2.75) is 19.8 Å². The largest absolute Gasteiger partial charge is 0.494 e. The quantitative estimate of drug-likeness (QED) is 0.751. The molecular weight excluding hydrogens is 262 g/mol. The predicted octanol–water partition coefficient (Wildman–Crippen LogP) is 2.72. The number of halogens is 1. The summed E-state index contributed by atoms with van der Waals surface area (Å²) in [7, 11) is 0. The Kier molecular flexibility index (Phi) is 5.08. The Morgan fingerprint density at radius 1 is 1.47 bits per heavy atom. The van der Waals surface area contributed by atoms with Gasteiger partial charge in [-0.15, -0.1) is 11.6 Å². The average Bonchev–Trinajstić information content (AvgIpc) is 2.78. The number of alkyl halides is 1. The lowest BCUT2D eigenvalue weighted by Gasteiger charge is -2.16. The number of hydrogen-bond donors (Lipinski definition) is 0. The van der Waals surface area contributed by atoms with Gasteiger partial charge >= 0.3 is 0 Å². The van der Waals surface area contributed by atoms with Crippen molar-refractivity contribution in [3.63, 3.8) is 0 Å². The second kappa shape index (κ2) is 6.80. The Balaban J connectivity index is 1.88. The maximum absolute atomic E-state index is 11.8. The molecule has 0 aliphatic carbocycles. The van der Waals surface area contributed by atoms with E-state index in [1.165, 1.54) is 5.56 Å². The highest BCUT2D eigenvalue weighted by Gasteiger charge is 2.28. The van der Waals surface area contributed by atoms with Crippen LogP contribution in [0.1, 0.15) is 18.9 Å². The van der Waals surface area contributed by atoms with Crippen LogP contribution in [-0.4, -0.2) is 36.4 Å². The fourth-order valence-corrected chi connectivity index (χ4v) is 2.60. The molecule has 1 aliphatic heterocycles. The van der Waals surface area contributed by atoms with Crippen molar-refractivity contribution in [1.82, 2.24) is 4.90 Å². The SMILES string of the molecule is CCOc1cccc(CCN2CC(CCl)CC2=O)c1. The lowest BCUT2D eigenvalue weighted by molar-refractivity contribution is -0.127. The zero-order valence-corrected chi connectivity index (χ0v) is 12.0. The molecule has 1 saturated heterocycles. The van der Waals surface area contributed by atoms with Crippen LogP contribution in [0.4, 0.5) is 0 Å². The molecular formula is C15H20ClNO2. The third kappa shape index (κ3) is 3.87.